The van der Waals surface area contributed by atoms with E-state index in [1.54, 1.807) is 0 Å². The minimum Gasteiger partial charge on any atom is -0.437 e. The highest BCUT2D eigenvalue weighted by Crippen LogP contribution is 2.38. The summed E-state index contributed by atoms with van der Waals surface area (Å²) in [5.74, 6) is 1.04. The molecule has 150 valence electrons. The topological polar surface area (TPSA) is 51.8 Å². The van der Waals surface area contributed by atoms with Crippen LogP contribution in [0, 0.1) is 6.92 Å². The van der Waals surface area contributed by atoms with Gasteiger partial charge in [-0.3, -0.25) is 0 Å². The standard InChI is InChI=1S/C27H21N3O/c1-15(2)26-29-23-18-8-5-4-7-17(18)12-14-21(23)24(30-26)22-10-6-9-19-20-13-11-16(3)28-27(20)31-25(19)22/h4-15H,1-3H3. The Bertz CT molecular complexity index is 1630. The number of pyridine rings is 1. The maximum atomic E-state index is 6.28. The monoisotopic (exact) mass is 403 g/mol. The third-order valence-corrected chi connectivity index (χ3v) is 5.88. The molecule has 0 fully saturated rings. The van der Waals surface area contributed by atoms with E-state index >= 15 is 0 Å². The molecule has 0 bridgehead atoms. The van der Waals surface area contributed by atoms with E-state index in [9.17, 15) is 0 Å². The fourth-order valence-corrected chi connectivity index (χ4v) is 4.30. The van der Waals surface area contributed by atoms with Gasteiger partial charge in [0, 0.05) is 38.7 Å². The van der Waals surface area contributed by atoms with Crippen LogP contribution in [0.3, 0.4) is 0 Å². The van der Waals surface area contributed by atoms with Crippen LogP contribution in [0.25, 0.3) is 55.0 Å². The van der Waals surface area contributed by atoms with Crippen molar-refractivity contribution in [3.05, 3.63) is 78.2 Å². The maximum absolute atomic E-state index is 6.28. The second kappa shape index (κ2) is 6.61. The van der Waals surface area contributed by atoms with Crippen molar-refractivity contribution >= 4 is 43.7 Å². The number of aromatic nitrogens is 3. The highest BCUT2D eigenvalue weighted by atomic mass is 16.3. The summed E-state index contributed by atoms with van der Waals surface area (Å²) >= 11 is 0. The molecule has 0 saturated carbocycles. The van der Waals surface area contributed by atoms with E-state index in [1.165, 1.54) is 5.39 Å². The molecule has 0 aliphatic carbocycles. The molecule has 0 saturated heterocycles. The van der Waals surface area contributed by atoms with E-state index in [-0.39, 0.29) is 5.92 Å². The summed E-state index contributed by atoms with van der Waals surface area (Å²) in [6, 6.07) is 23.0. The fourth-order valence-electron chi connectivity index (χ4n) is 4.30. The Hall–Kier alpha value is -3.79. The van der Waals surface area contributed by atoms with Crippen molar-refractivity contribution in [3.8, 4) is 11.3 Å². The van der Waals surface area contributed by atoms with Crippen LogP contribution < -0.4 is 0 Å². The van der Waals surface area contributed by atoms with Crippen LogP contribution in [-0.2, 0) is 0 Å². The zero-order chi connectivity index (χ0) is 21.1. The lowest BCUT2D eigenvalue weighted by molar-refractivity contribution is 0.653. The van der Waals surface area contributed by atoms with Gasteiger partial charge in [-0.25, -0.2) is 15.0 Å². The van der Waals surface area contributed by atoms with Crippen molar-refractivity contribution in [2.45, 2.75) is 26.7 Å². The molecule has 4 heteroatoms. The molecule has 31 heavy (non-hydrogen) atoms. The molecule has 0 radical (unpaired) electrons. The summed E-state index contributed by atoms with van der Waals surface area (Å²) in [5.41, 5.74) is 5.27. The van der Waals surface area contributed by atoms with Crippen molar-refractivity contribution in [2.75, 3.05) is 0 Å². The van der Waals surface area contributed by atoms with Crippen LogP contribution in [-0.4, -0.2) is 15.0 Å². The second-order valence-corrected chi connectivity index (χ2v) is 8.36. The number of benzene rings is 3. The summed E-state index contributed by atoms with van der Waals surface area (Å²) in [4.78, 5) is 14.6. The first-order valence-electron chi connectivity index (χ1n) is 10.6. The number of fused-ring (bicyclic) bond motifs is 6. The highest BCUT2D eigenvalue weighted by Gasteiger charge is 2.19. The largest absolute Gasteiger partial charge is 0.437 e. The molecule has 6 aromatic rings. The molecule has 0 atom stereocenters. The van der Waals surface area contributed by atoms with Crippen molar-refractivity contribution in [2.24, 2.45) is 0 Å². The first-order valence-corrected chi connectivity index (χ1v) is 10.6. The van der Waals surface area contributed by atoms with Gasteiger partial charge < -0.3 is 4.42 Å². The van der Waals surface area contributed by atoms with Gasteiger partial charge in [-0.15, -0.1) is 0 Å². The number of para-hydroxylation sites is 1. The normalized spacial score (nSPS) is 12.0. The van der Waals surface area contributed by atoms with E-state index in [0.29, 0.717) is 5.71 Å². The van der Waals surface area contributed by atoms with Gasteiger partial charge in [-0.1, -0.05) is 56.3 Å². The van der Waals surface area contributed by atoms with Crippen molar-refractivity contribution < 1.29 is 4.42 Å². The van der Waals surface area contributed by atoms with Crippen molar-refractivity contribution in [1.82, 2.24) is 15.0 Å². The lowest BCUT2D eigenvalue weighted by Crippen LogP contribution is -2.01. The summed E-state index contributed by atoms with van der Waals surface area (Å²) in [7, 11) is 0. The van der Waals surface area contributed by atoms with E-state index < -0.39 is 0 Å². The number of hydrogen-bond donors (Lipinski definition) is 0. The first-order chi connectivity index (χ1) is 15.1. The van der Waals surface area contributed by atoms with E-state index in [4.69, 9.17) is 14.4 Å². The molecule has 0 aliphatic rings. The van der Waals surface area contributed by atoms with Gasteiger partial charge >= 0.3 is 0 Å². The Morgan fingerprint density at radius 1 is 0.710 bits per heavy atom. The summed E-state index contributed by atoms with van der Waals surface area (Å²) < 4.78 is 6.28. The molecule has 0 N–H and O–H groups in total. The molecule has 0 aliphatic heterocycles. The average molecular weight is 403 g/mol. The molecule has 4 nitrogen and oxygen atoms in total. The van der Waals surface area contributed by atoms with Gasteiger partial charge in [0.15, 0.2) is 0 Å². The van der Waals surface area contributed by atoms with Gasteiger partial charge in [0.05, 0.1) is 11.2 Å². The predicted molar refractivity (Wildman–Crippen MR) is 126 cm³/mol. The Balaban J connectivity index is 1.76. The van der Waals surface area contributed by atoms with E-state index in [1.807, 2.05) is 13.0 Å². The van der Waals surface area contributed by atoms with Gasteiger partial charge in [0.25, 0.3) is 0 Å². The molecular formula is C27H21N3O. The zero-order valence-corrected chi connectivity index (χ0v) is 17.7. The van der Waals surface area contributed by atoms with Crippen molar-refractivity contribution in [1.29, 1.82) is 0 Å². The predicted octanol–water partition coefficient (Wildman–Crippen LogP) is 7.18. The fraction of sp³-hybridized carbons (Fsp3) is 0.148. The number of furan rings is 1. The Labute approximate surface area is 179 Å². The van der Waals surface area contributed by atoms with Crippen molar-refractivity contribution in [3.63, 3.8) is 0 Å². The lowest BCUT2D eigenvalue weighted by atomic mass is 9.99. The molecule has 6 rings (SSSR count). The first kappa shape index (κ1) is 18.0. The number of nitrogens with zero attached hydrogens (tertiary/aromatic N) is 3. The van der Waals surface area contributed by atoms with Crippen LogP contribution in [0.5, 0.6) is 0 Å². The van der Waals surface area contributed by atoms with Crippen LogP contribution in [0.1, 0.15) is 31.3 Å². The summed E-state index contributed by atoms with van der Waals surface area (Å²) in [5, 5.41) is 5.42. The molecule has 0 unspecified atom stereocenters. The highest BCUT2D eigenvalue weighted by molar-refractivity contribution is 6.13. The number of hydrogen-bond acceptors (Lipinski definition) is 4. The number of aryl methyl sites for hydroxylation is 1. The zero-order valence-electron chi connectivity index (χ0n) is 17.7. The van der Waals surface area contributed by atoms with Crippen LogP contribution in [0.2, 0.25) is 0 Å². The van der Waals surface area contributed by atoms with E-state index in [0.717, 1.165) is 55.4 Å². The van der Waals surface area contributed by atoms with Gasteiger partial charge in [-0.2, -0.15) is 0 Å². The Morgan fingerprint density at radius 3 is 2.39 bits per heavy atom. The van der Waals surface area contributed by atoms with E-state index in [2.05, 4.69) is 79.5 Å². The smallest absolute Gasteiger partial charge is 0.227 e. The van der Waals surface area contributed by atoms with Crippen LogP contribution in [0.4, 0.5) is 0 Å². The third-order valence-electron chi connectivity index (χ3n) is 5.88. The SMILES string of the molecule is Cc1ccc2c(n1)oc1c(-c3nc(C(C)C)nc4c3ccc3ccccc34)cccc12. The maximum Gasteiger partial charge on any atom is 0.227 e. The Kier molecular flexibility index (Phi) is 3.84. The van der Waals surface area contributed by atoms with Crippen LogP contribution in [0.15, 0.2) is 71.1 Å². The quantitative estimate of drug-likeness (QED) is 0.287. The summed E-state index contributed by atoms with van der Waals surface area (Å²) in [6.07, 6.45) is 0. The van der Waals surface area contributed by atoms with Gasteiger partial charge in [-0.05, 0) is 36.6 Å². The molecule has 0 spiro atoms. The minimum absolute atomic E-state index is 0.210. The molecular weight excluding hydrogens is 382 g/mol. The van der Waals surface area contributed by atoms with Gasteiger partial charge in [0.2, 0.25) is 5.71 Å². The Morgan fingerprint density at radius 2 is 1.52 bits per heavy atom. The van der Waals surface area contributed by atoms with Gasteiger partial charge in [0.1, 0.15) is 11.4 Å². The molecule has 3 aromatic heterocycles. The minimum atomic E-state index is 0.210. The third kappa shape index (κ3) is 2.72. The molecule has 0 amide bonds. The average Bonchev–Trinajstić information content (AvgIpc) is 3.15. The second-order valence-electron chi connectivity index (χ2n) is 8.36. The summed E-state index contributed by atoms with van der Waals surface area (Å²) in [6.45, 7) is 6.24. The lowest BCUT2D eigenvalue weighted by Gasteiger charge is -2.13. The number of rotatable bonds is 2. The molecule has 3 heterocycles. The van der Waals surface area contributed by atoms with Crippen LogP contribution >= 0.6 is 0 Å². The molecule has 3 aromatic carbocycles.